The Balaban J connectivity index is 1.70. The summed E-state index contributed by atoms with van der Waals surface area (Å²) in [6.45, 7) is 2.87. The average Bonchev–Trinajstić information content (AvgIpc) is 2.99. The third-order valence-corrected chi connectivity index (χ3v) is 3.30. The Labute approximate surface area is 124 Å². The van der Waals surface area contributed by atoms with Crippen molar-refractivity contribution in [1.82, 2.24) is 10.6 Å². The van der Waals surface area contributed by atoms with Crippen molar-refractivity contribution in [2.24, 2.45) is 0 Å². The minimum atomic E-state index is -0.616. The van der Waals surface area contributed by atoms with E-state index in [1.807, 2.05) is 18.2 Å². The summed E-state index contributed by atoms with van der Waals surface area (Å²) in [5.41, 5.74) is 0.705. The zero-order valence-corrected chi connectivity index (χ0v) is 12.1. The van der Waals surface area contributed by atoms with Crippen LogP contribution in [0.5, 0.6) is 0 Å². The van der Waals surface area contributed by atoms with Gasteiger partial charge in [-0.05, 0) is 31.9 Å². The summed E-state index contributed by atoms with van der Waals surface area (Å²) >= 11 is 0. The molecule has 1 aromatic rings. The lowest BCUT2D eigenvalue weighted by Gasteiger charge is -2.16. The van der Waals surface area contributed by atoms with Crippen LogP contribution in [0, 0.1) is 0 Å². The van der Waals surface area contributed by atoms with E-state index in [1.54, 1.807) is 19.1 Å². The number of anilines is 1. The second kappa shape index (κ2) is 7.64. The molecule has 3 amide bonds. The van der Waals surface area contributed by atoms with E-state index in [0.717, 1.165) is 19.4 Å². The van der Waals surface area contributed by atoms with Crippen LogP contribution in [0.15, 0.2) is 30.3 Å². The van der Waals surface area contributed by atoms with Crippen molar-refractivity contribution in [3.63, 3.8) is 0 Å². The molecule has 114 valence electrons. The van der Waals surface area contributed by atoms with E-state index in [1.165, 1.54) is 0 Å². The normalized spacial score (nSPS) is 18.8. The predicted octanol–water partition coefficient (Wildman–Crippen LogP) is 1.49. The Bertz CT molecular complexity index is 472. The second-order valence-electron chi connectivity index (χ2n) is 5.07. The van der Waals surface area contributed by atoms with Gasteiger partial charge in [0.25, 0.3) is 0 Å². The summed E-state index contributed by atoms with van der Waals surface area (Å²) in [4.78, 5) is 23.6. The highest BCUT2D eigenvalue weighted by molar-refractivity contribution is 5.96. The van der Waals surface area contributed by atoms with Gasteiger partial charge in [-0.25, -0.2) is 4.79 Å². The van der Waals surface area contributed by atoms with Gasteiger partial charge in [-0.15, -0.1) is 0 Å². The predicted molar refractivity (Wildman–Crippen MR) is 80.0 cm³/mol. The number of urea groups is 1. The lowest BCUT2D eigenvalue weighted by Crippen LogP contribution is -2.47. The molecule has 0 radical (unpaired) electrons. The first-order valence-electron chi connectivity index (χ1n) is 7.17. The van der Waals surface area contributed by atoms with Crippen LogP contribution in [-0.4, -0.2) is 37.2 Å². The summed E-state index contributed by atoms with van der Waals surface area (Å²) in [6.07, 6.45) is 2.08. The van der Waals surface area contributed by atoms with Gasteiger partial charge in [-0.2, -0.15) is 0 Å². The van der Waals surface area contributed by atoms with Crippen LogP contribution in [0.4, 0.5) is 10.5 Å². The Hall–Kier alpha value is -2.08. The van der Waals surface area contributed by atoms with Crippen molar-refractivity contribution in [3.8, 4) is 0 Å². The molecule has 6 nitrogen and oxygen atoms in total. The fourth-order valence-electron chi connectivity index (χ4n) is 2.10. The highest BCUT2D eigenvalue weighted by Gasteiger charge is 2.18. The monoisotopic (exact) mass is 291 g/mol. The second-order valence-corrected chi connectivity index (χ2v) is 5.07. The van der Waals surface area contributed by atoms with Gasteiger partial charge < -0.3 is 20.7 Å². The number of carbonyl (C=O) groups excluding carboxylic acids is 2. The van der Waals surface area contributed by atoms with Gasteiger partial charge >= 0.3 is 6.03 Å². The molecule has 0 bridgehead atoms. The van der Waals surface area contributed by atoms with Gasteiger partial charge in [0.1, 0.15) is 6.04 Å². The number of para-hydroxylation sites is 1. The van der Waals surface area contributed by atoms with Crippen molar-refractivity contribution in [1.29, 1.82) is 0 Å². The van der Waals surface area contributed by atoms with Crippen molar-refractivity contribution in [3.05, 3.63) is 30.3 Å². The number of hydrogen-bond donors (Lipinski definition) is 3. The molecule has 0 aliphatic carbocycles. The fourth-order valence-corrected chi connectivity index (χ4v) is 2.10. The van der Waals surface area contributed by atoms with Crippen LogP contribution >= 0.6 is 0 Å². The molecule has 3 N–H and O–H groups in total. The Morgan fingerprint density at radius 3 is 2.76 bits per heavy atom. The van der Waals surface area contributed by atoms with Gasteiger partial charge in [-0.1, -0.05) is 18.2 Å². The molecule has 1 aromatic carbocycles. The smallest absolute Gasteiger partial charge is 0.315 e. The summed E-state index contributed by atoms with van der Waals surface area (Å²) in [6, 6.07) is 8.15. The van der Waals surface area contributed by atoms with Crippen LogP contribution in [0.2, 0.25) is 0 Å². The molecule has 2 atom stereocenters. The van der Waals surface area contributed by atoms with E-state index in [0.29, 0.717) is 12.2 Å². The first-order chi connectivity index (χ1) is 10.1. The molecule has 0 saturated carbocycles. The summed E-state index contributed by atoms with van der Waals surface area (Å²) in [7, 11) is 0. The molecule has 6 heteroatoms. The number of rotatable bonds is 5. The van der Waals surface area contributed by atoms with Gasteiger partial charge in [-0.3, -0.25) is 4.79 Å². The molecule has 1 heterocycles. The highest BCUT2D eigenvalue weighted by atomic mass is 16.5. The molecule has 1 saturated heterocycles. The maximum absolute atomic E-state index is 11.9. The van der Waals surface area contributed by atoms with E-state index >= 15 is 0 Å². The van der Waals surface area contributed by atoms with Gasteiger partial charge in [0.15, 0.2) is 0 Å². The molecular weight excluding hydrogens is 270 g/mol. The van der Waals surface area contributed by atoms with Gasteiger partial charge in [0.2, 0.25) is 5.91 Å². The molecule has 0 spiro atoms. The van der Waals surface area contributed by atoms with Crippen LogP contribution in [0.1, 0.15) is 19.8 Å². The third-order valence-electron chi connectivity index (χ3n) is 3.30. The van der Waals surface area contributed by atoms with E-state index in [9.17, 15) is 9.59 Å². The summed E-state index contributed by atoms with van der Waals surface area (Å²) < 4.78 is 5.41. The van der Waals surface area contributed by atoms with Crippen LogP contribution < -0.4 is 16.0 Å². The zero-order chi connectivity index (χ0) is 15.1. The topological polar surface area (TPSA) is 79.5 Å². The summed E-state index contributed by atoms with van der Waals surface area (Å²) in [5, 5.41) is 8.06. The molecule has 0 aromatic heterocycles. The van der Waals surface area contributed by atoms with E-state index in [2.05, 4.69) is 16.0 Å². The SMILES string of the molecule is C[C@H](NC(=O)NC[C@@H]1CCCO1)C(=O)Nc1ccccc1. The lowest BCUT2D eigenvalue weighted by atomic mass is 10.2. The van der Waals surface area contributed by atoms with Crippen molar-refractivity contribution in [2.45, 2.75) is 31.9 Å². The lowest BCUT2D eigenvalue weighted by molar-refractivity contribution is -0.117. The largest absolute Gasteiger partial charge is 0.376 e. The van der Waals surface area contributed by atoms with Crippen LogP contribution in [0.3, 0.4) is 0 Å². The maximum atomic E-state index is 11.9. The number of benzene rings is 1. The Kier molecular flexibility index (Phi) is 5.57. The average molecular weight is 291 g/mol. The van der Waals surface area contributed by atoms with Gasteiger partial charge in [0.05, 0.1) is 6.10 Å². The molecule has 2 rings (SSSR count). The van der Waals surface area contributed by atoms with E-state index < -0.39 is 6.04 Å². The van der Waals surface area contributed by atoms with Crippen LogP contribution in [-0.2, 0) is 9.53 Å². The Morgan fingerprint density at radius 2 is 2.10 bits per heavy atom. The van der Waals surface area contributed by atoms with Crippen molar-refractivity contribution < 1.29 is 14.3 Å². The number of hydrogen-bond acceptors (Lipinski definition) is 3. The first-order valence-corrected chi connectivity index (χ1v) is 7.17. The highest BCUT2D eigenvalue weighted by Crippen LogP contribution is 2.10. The van der Waals surface area contributed by atoms with E-state index in [-0.39, 0.29) is 18.0 Å². The molecule has 21 heavy (non-hydrogen) atoms. The van der Waals surface area contributed by atoms with Crippen molar-refractivity contribution in [2.75, 3.05) is 18.5 Å². The summed E-state index contributed by atoms with van der Waals surface area (Å²) in [5.74, 6) is -0.256. The molecule has 1 fully saturated rings. The maximum Gasteiger partial charge on any atom is 0.315 e. The quantitative estimate of drug-likeness (QED) is 0.769. The minimum Gasteiger partial charge on any atom is -0.376 e. The number of carbonyl (C=O) groups is 2. The van der Waals surface area contributed by atoms with Crippen molar-refractivity contribution >= 4 is 17.6 Å². The molecule has 1 aliphatic heterocycles. The molecule has 0 unspecified atom stereocenters. The molecular formula is C15H21N3O3. The minimum absolute atomic E-state index is 0.0872. The molecule has 1 aliphatic rings. The van der Waals surface area contributed by atoms with E-state index in [4.69, 9.17) is 4.74 Å². The zero-order valence-electron chi connectivity index (χ0n) is 12.1. The third kappa shape index (κ3) is 5.07. The number of ether oxygens (including phenoxy) is 1. The number of amides is 3. The standard InChI is InChI=1S/C15H21N3O3/c1-11(14(19)18-12-6-3-2-4-7-12)17-15(20)16-10-13-8-5-9-21-13/h2-4,6-7,11,13H,5,8-10H2,1H3,(H,18,19)(H2,16,17,20)/t11-,13-/m0/s1. The van der Waals surface area contributed by atoms with Gasteiger partial charge in [0, 0.05) is 18.8 Å². The van der Waals surface area contributed by atoms with Crippen LogP contribution in [0.25, 0.3) is 0 Å². The number of nitrogens with one attached hydrogen (secondary N) is 3. The fraction of sp³-hybridized carbons (Fsp3) is 0.467. The first kappa shape index (κ1) is 15.3. The Morgan fingerprint density at radius 1 is 1.33 bits per heavy atom.